The summed E-state index contributed by atoms with van der Waals surface area (Å²) in [6, 6.07) is 13.5. The van der Waals surface area contributed by atoms with Crippen molar-refractivity contribution < 1.29 is 9.13 Å². The molecule has 0 fully saturated rings. The first kappa shape index (κ1) is 13.0. The number of hydrogen-bond donors (Lipinski definition) is 0. The molecule has 4 heteroatoms. The van der Waals surface area contributed by atoms with Crippen LogP contribution in [0.4, 0.5) is 4.39 Å². The van der Waals surface area contributed by atoms with Gasteiger partial charge in [0.1, 0.15) is 11.6 Å². The highest BCUT2D eigenvalue weighted by atomic mass is 19.1. The lowest BCUT2D eigenvalue weighted by atomic mass is 10.2. The van der Waals surface area contributed by atoms with Gasteiger partial charge in [-0.05, 0) is 47.5 Å². The first-order valence-electron chi connectivity index (χ1n) is 5.74. The van der Waals surface area contributed by atoms with Crippen molar-refractivity contribution >= 4 is 12.4 Å². The third-order valence-corrected chi connectivity index (χ3v) is 2.47. The van der Waals surface area contributed by atoms with Crippen LogP contribution in [-0.4, -0.2) is 19.5 Å². The van der Waals surface area contributed by atoms with E-state index in [4.69, 9.17) is 4.74 Å². The molecule has 0 bridgehead atoms. The van der Waals surface area contributed by atoms with Crippen LogP contribution >= 0.6 is 0 Å². The number of hydrogen-bond acceptors (Lipinski definition) is 3. The number of benzene rings is 2. The van der Waals surface area contributed by atoms with Crippen molar-refractivity contribution in [3.05, 3.63) is 65.5 Å². The van der Waals surface area contributed by atoms with Gasteiger partial charge >= 0.3 is 0 Å². The zero-order chi connectivity index (χ0) is 13.5. The third kappa shape index (κ3) is 4.03. The molecular weight excluding hydrogens is 243 g/mol. The van der Waals surface area contributed by atoms with Crippen LogP contribution in [0, 0.1) is 5.82 Å². The maximum Gasteiger partial charge on any atom is 0.123 e. The first-order valence-corrected chi connectivity index (χ1v) is 5.74. The van der Waals surface area contributed by atoms with Gasteiger partial charge in [0.05, 0.1) is 19.5 Å². The average Bonchev–Trinajstić information content (AvgIpc) is 2.46. The Morgan fingerprint density at radius 3 is 1.79 bits per heavy atom. The molecule has 0 aliphatic heterocycles. The minimum atomic E-state index is -0.265. The Kier molecular flexibility index (Phi) is 4.39. The van der Waals surface area contributed by atoms with Gasteiger partial charge < -0.3 is 4.74 Å². The highest BCUT2D eigenvalue weighted by Crippen LogP contribution is 2.09. The highest BCUT2D eigenvalue weighted by molar-refractivity contribution is 5.82. The third-order valence-electron chi connectivity index (χ3n) is 2.47. The summed E-state index contributed by atoms with van der Waals surface area (Å²) in [6.45, 7) is 0. The van der Waals surface area contributed by atoms with E-state index in [0.717, 1.165) is 16.9 Å². The second-order valence-corrected chi connectivity index (χ2v) is 3.81. The van der Waals surface area contributed by atoms with Crippen molar-refractivity contribution in [2.24, 2.45) is 10.2 Å². The molecule has 0 saturated carbocycles. The van der Waals surface area contributed by atoms with Gasteiger partial charge in [0.25, 0.3) is 0 Å². The van der Waals surface area contributed by atoms with E-state index in [9.17, 15) is 4.39 Å². The molecular formula is C15H13FN2O. The Hall–Kier alpha value is -2.49. The maximum atomic E-state index is 12.7. The molecule has 3 nitrogen and oxygen atoms in total. The van der Waals surface area contributed by atoms with E-state index in [-0.39, 0.29) is 5.82 Å². The van der Waals surface area contributed by atoms with Crippen LogP contribution in [0.2, 0.25) is 0 Å². The number of ether oxygens (including phenoxy) is 1. The van der Waals surface area contributed by atoms with E-state index in [2.05, 4.69) is 10.2 Å². The average molecular weight is 256 g/mol. The smallest absolute Gasteiger partial charge is 0.123 e. The zero-order valence-electron chi connectivity index (χ0n) is 10.5. The molecule has 0 aromatic heterocycles. The van der Waals surface area contributed by atoms with Gasteiger partial charge in [0.15, 0.2) is 0 Å². The SMILES string of the molecule is COc1ccc(C=NN=Cc2ccc(F)cc2)cc1. The molecule has 0 saturated heterocycles. The summed E-state index contributed by atoms with van der Waals surface area (Å²) in [4.78, 5) is 0. The number of nitrogens with zero attached hydrogens (tertiary/aromatic N) is 2. The van der Waals surface area contributed by atoms with Gasteiger partial charge in [-0.25, -0.2) is 4.39 Å². The van der Waals surface area contributed by atoms with E-state index >= 15 is 0 Å². The molecule has 0 radical (unpaired) electrons. The fraction of sp³-hybridized carbons (Fsp3) is 0.0667. The van der Waals surface area contributed by atoms with E-state index in [0.29, 0.717) is 0 Å². The van der Waals surface area contributed by atoms with Crippen molar-refractivity contribution in [3.8, 4) is 5.75 Å². The zero-order valence-corrected chi connectivity index (χ0v) is 10.5. The lowest BCUT2D eigenvalue weighted by molar-refractivity contribution is 0.415. The van der Waals surface area contributed by atoms with Crippen LogP contribution in [0.5, 0.6) is 5.75 Å². The minimum Gasteiger partial charge on any atom is -0.497 e. The Morgan fingerprint density at radius 2 is 1.32 bits per heavy atom. The molecule has 0 amide bonds. The molecule has 0 heterocycles. The van der Waals surface area contributed by atoms with Gasteiger partial charge in [0, 0.05) is 0 Å². The molecule has 0 N–H and O–H groups in total. The second-order valence-electron chi connectivity index (χ2n) is 3.81. The summed E-state index contributed by atoms with van der Waals surface area (Å²) in [5.74, 6) is 0.533. The van der Waals surface area contributed by atoms with E-state index in [1.165, 1.54) is 12.1 Å². The van der Waals surface area contributed by atoms with Crippen molar-refractivity contribution in [1.82, 2.24) is 0 Å². The summed E-state index contributed by atoms with van der Waals surface area (Å²) in [5.41, 5.74) is 1.73. The molecule has 0 aliphatic carbocycles. The van der Waals surface area contributed by atoms with Gasteiger partial charge in [-0.15, -0.1) is 0 Å². The lowest BCUT2D eigenvalue weighted by Gasteiger charge is -1.97. The Balaban J connectivity index is 1.96. The quantitative estimate of drug-likeness (QED) is 0.610. The van der Waals surface area contributed by atoms with Crippen LogP contribution in [0.25, 0.3) is 0 Å². The lowest BCUT2D eigenvalue weighted by Crippen LogP contribution is -1.84. The first-order chi connectivity index (χ1) is 9.28. The summed E-state index contributed by atoms with van der Waals surface area (Å²) < 4.78 is 17.7. The Bertz CT molecular complexity index is 574. The monoisotopic (exact) mass is 256 g/mol. The van der Waals surface area contributed by atoms with Gasteiger partial charge in [-0.3, -0.25) is 0 Å². The van der Waals surface area contributed by atoms with Gasteiger partial charge in [0.2, 0.25) is 0 Å². The standard InChI is InChI=1S/C15H13FN2O/c1-19-15-8-4-13(5-9-15)11-18-17-10-12-2-6-14(16)7-3-12/h2-11H,1H3. The van der Waals surface area contributed by atoms with Crippen LogP contribution in [0.1, 0.15) is 11.1 Å². The fourth-order valence-corrected chi connectivity index (χ4v) is 1.44. The molecule has 19 heavy (non-hydrogen) atoms. The molecule has 0 atom stereocenters. The Morgan fingerprint density at radius 1 is 0.842 bits per heavy atom. The maximum absolute atomic E-state index is 12.7. The topological polar surface area (TPSA) is 34.0 Å². The second kappa shape index (κ2) is 6.44. The van der Waals surface area contributed by atoms with E-state index in [1.54, 1.807) is 31.7 Å². The Labute approximate surface area is 111 Å². The van der Waals surface area contributed by atoms with Crippen molar-refractivity contribution in [3.63, 3.8) is 0 Å². The van der Waals surface area contributed by atoms with Crippen LogP contribution in [-0.2, 0) is 0 Å². The van der Waals surface area contributed by atoms with Crippen LogP contribution in [0.3, 0.4) is 0 Å². The largest absolute Gasteiger partial charge is 0.497 e. The fourth-order valence-electron chi connectivity index (χ4n) is 1.44. The van der Waals surface area contributed by atoms with Gasteiger partial charge in [-0.1, -0.05) is 12.1 Å². The minimum absolute atomic E-state index is 0.265. The summed E-state index contributed by atoms with van der Waals surface area (Å²) in [6.07, 6.45) is 3.21. The summed E-state index contributed by atoms with van der Waals surface area (Å²) >= 11 is 0. The van der Waals surface area contributed by atoms with E-state index in [1.807, 2.05) is 24.3 Å². The van der Waals surface area contributed by atoms with Crippen molar-refractivity contribution in [1.29, 1.82) is 0 Å². The highest BCUT2D eigenvalue weighted by Gasteiger charge is 1.90. The summed E-state index contributed by atoms with van der Waals surface area (Å²) in [7, 11) is 1.62. The van der Waals surface area contributed by atoms with Gasteiger partial charge in [-0.2, -0.15) is 10.2 Å². The number of methoxy groups -OCH3 is 1. The molecule has 0 unspecified atom stereocenters. The van der Waals surface area contributed by atoms with Crippen LogP contribution < -0.4 is 4.74 Å². The van der Waals surface area contributed by atoms with Crippen molar-refractivity contribution in [2.45, 2.75) is 0 Å². The van der Waals surface area contributed by atoms with Crippen LogP contribution in [0.15, 0.2) is 58.7 Å². The molecule has 2 aromatic rings. The molecule has 0 aliphatic rings. The predicted molar refractivity (Wildman–Crippen MR) is 74.6 cm³/mol. The molecule has 2 aromatic carbocycles. The molecule has 0 spiro atoms. The molecule has 2 rings (SSSR count). The predicted octanol–water partition coefficient (Wildman–Crippen LogP) is 3.29. The van der Waals surface area contributed by atoms with E-state index < -0.39 is 0 Å². The summed E-state index contributed by atoms with van der Waals surface area (Å²) in [5, 5.41) is 7.82. The molecule has 96 valence electrons. The number of halogens is 1. The van der Waals surface area contributed by atoms with Crippen molar-refractivity contribution in [2.75, 3.05) is 7.11 Å². The number of rotatable bonds is 4. The normalized spacial score (nSPS) is 11.3.